The molecule has 2 saturated heterocycles. The number of carbonyl (C=O) groups excluding carboxylic acids is 1. The van der Waals surface area contributed by atoms with Gasteiger partial charge in [-0.1, -0.05) is 12.1 Å². The summed E-state index contributed by atoms with van der Waals surface area (Å²) in [4.78, 5) is 37.1. The number of thioether (sulfide) groups is 1. The zero-order valence-electron chi connectivity index (χ0n) is 20.3. The van der Waals surface area contributed by atoms with Gasteiger partial charge in [-0.15, -0.1) is 0 Å². The highest BCUT2D eigenvalue weighted by molar-refractivity contribution is 7.99. The lowest BCUT2D eigenvalue weighted by atomic mass is 10.0. The van der Waals surface area contributed by atoms with Crippen molar-refractivity contribution in [1.29, 1.82) is 0 Å². The number of aromatic amines is 1. The minimum atomic E-state index is -0.00776. The summed E-state index contributed by atoms with van der Waals surface area (Å²) in [6.07, 6.45) is 9.21. The van der Waals surface area contributed by atoms with Gasteiger partial charge in [-0.3, -0.25) is 14.7 Å². The minimum absolute atomic E-state index is 0.00776. The monoisotopic (exact) mass is 491 g/mol. The van der Waals surface area contributed by atoms with Crippen LogP contribution in [0.1, 0.15) is 40.3 Å². The van der Waals surface area contributed by atoms with Crippen LogP contribution in [-0.2, 0) is 13.1 Å². The van der Waals surface area contributed by atoms with Gasteiger partial charge < -0.3 is 14.8 Å². The summed E-state index contributed by atoms with van der Waals surface area (Å²) in [6.45, 7) is 7.28. The zero-order chi connectivity index (χ0) is 24.0. The first-order valence-corrected chi connectivity index (χ1v) is 13.5. The predicted octanol–water partition coefficient (Wildman–Crippen LogP) is 3.37. The van der Waals surface area contributed by atoms with E-state index < -0.39 is 0 Å². The third-order valence-corrected chi connectivity index (χ3v) is 7.76. The van der Waals surface area contributed by atoms with Crippen LogP contribution in [0.3, 0.4) is 0 Å². The number of aromatic nitrogens is 4. The summed E-state index contributed by atoms with van der Waals surface area (Å²) >= 11 is 2.00. The van der Waals surface area contributed by atoms with Gasteiger partial charge in [0, 0.05) is 75.1 Å². The van der Waals surface area contributed by atoms with Gasteiger partial charge in [0.2, 0.25) is 0 Å². The molecule has 9 heteroatoms. The Morgan fingerprint density at radius 1 is 1.06 bits per heavy atom. The Hall–Kier alpha value is -2.91. The Morgan fingerprint density at radius 2 is 1.89 bits per heavy atom. The van der Waals surface area contributed by atoms with Crippen LogP contribution in [-0.4, -0.2) is 79.4 Å². The molecule has 0 saturated carbocycles. The summed E-state index contributed by atoms with van der Waals surface area (Å²) in [5.41, 5.74) is 2.61. The molecule has 1 N–H and O–H groups in total. The largest absolute Gasteiger partial charge is 0.355 e. The standard InChI is InChI=1S/C26H33N7OS/c1-20-2-4-23(29-16-20)26(34)33(22-6-10-31(11-7-22)19-24-27-8-9-28-24)18-21-3-5-25(30-17-21)32-12-14-35-15-13-32/h2-5,8-9,16-17,22H,6-7,10-15,18-19H2,1H3,(H,27,28). The zero-order valence-corrected chi connectivity index (χ0v) is 21.1. The highest BCUT2D eigenvalue weighted by Crippen LogP contribution is 2.23. The maximum Gasteiger partial charge on any atom is 0.272 e. The SMILES string of the molecule is Cc1ccc(C(=O)N(Cc2ccc(N3CCSCC3)nc2)C2CCN(Cc3ncc[nH]3)CC2)nc1. The molecule has 0 bridgehead atoms. The van der Waals surface area contributed by atoms with Crippen molar-refractivity contribution in [3.8, 4) is 0 Å². The van der Waals surface area contributed by atoms with E-state index in [1.807, 2.05) is 48.1 Å². The van der Waals surface area contributed by atoms with Crippen LogP contribution in [0.4, 0.5) is 5.82 Å². The van der Waals surface area contributed by atoms with Gasteiger partial charge in [0.15, 0.2) is 0 Å². The van der Waals surface area contributed by atoms with Gasteiger partial charge in [0.05, 0.1) is 6.54 Å². The van der Waals surface area contributed by atoms with Gasteiger partial charge in [-0.25, -0.2) is 9.97 Å². The number of pyridine rings is 2. The number of rotatable bonds is 7. The fraction of sp³-hybridized carbons (Fsp3) is 0.462. The van der Waals surface area contributed by atoms with Crippen molar-refractivity contribution in [3.63, 3.8) is 0 Å². The fourth-order valence-corrected chi connectivity index (χ4v) is 5.68. The number of aryl methyl sites for hydroxylation is 1. The predicted molar refractivity (Wildman–Crippen MR) is 140 cm³/mol. The molecular formula is C26H33N7OS. The third-order valence-electron chi connectivity index (χ3n) is 6.81. The van der Waals surface area contributed by atoms with Crippen molar-refractivity contribution in [2.45, 2.75) is 38.9 Å². The molecule has 5 heterocycles. The Kier molecular flexibility index (Phi) is 7.63. The van der Waals surface area contributed by atoms with Crippen LogP contribution in [0.15, 0.2) is 49.1 Å². The molecule has 184 valence electrons. The number of anilines is 1. The lowest BCUT2D eigenvalue weighted by Crippen LogP contribution is -2.47. The highest BCUT2D eigenvalue weighted by Gasteiger charge is 2.30. The molecule has 0 radical (unpaired) electrons. The van der Waals surface area contributed by atoms with Crippen LogP contribution in [0.5, 0.6) is 0 Å². The summed E-state index contributed by atoms with van der Waals surface area (Å²) in [5.74, 6) is 4.30. The molecule has 3 aromatic rings. The Morgan fingerprint density at radius 3 is 2.54 bits per heavy atom. The van der Waals surface area contributed by atoms with Crippen molar-refractivity contribution < 1.29 is 4.79 Å². The Labute approximate surface area is 211 Å². The second kappa shape index (κ2) is 11.2. The van der Waals surface area contributed by atoms with Crippen LogP contribution < -0.4 is 4.90 Å². The van der Waals surface area contributed by atoms with Crippen LogP contribution in [0.2, 0.25) is 0 Å². The summed E-state index contributed by atoms with van der Waals surface area (Å²) in [6, 6.07) is 8.19. The lowest BCUT2D eigenvalue weighted by molar-refractivity contribution is 0.0534. The molecule has 8 nitrogen and oxygen atoms in total. The van der Waals surface area contributed by atoms with E-state index in [2.05, 4.69) is 36.9 Å². The number of likely N-dealkylation sites (tertiary alicyclic amines) is 1. The first-order valence-electron chi connectivity index (χ1n) is 12.4. The number of nitrogens with zero attached hydrogens (tertiary/aromatic N) is 6. The lowest BCUT2D eigenvalue weighted by Gasteiger charge is -2.38. The third kappa shape index (κ3) is 6.02. The van der Waals surface area contributed by atoms with E-state index in [9.17, 15) is 4.79 Å². The van der Waals surface area contributed by atoms with Gasteiger partial charge in [-0.05, 0) is 43.0 Å². The number of H-pyrrole nitrogens is 1. The van der Waals surface area contributed by atoms with E-state index >= 15 is 0 Å². The summed E-state index contributed by atoms with van der Waals surface area (Å²) < 4.78 is 0. The molecule has 0 unspecified atom stereocenters. The molecule has 0 aliphatic carbocycles. The maximum absolute atomic E-state index is 13.6. The second-order valence-electron chi connectivity index (χ2n) is 9.32. The topological polar surface area (TPSA) is 81.3 Å². The molecule has 0 spiro atoms. The maximum atomic E-state index is 13.6. The number of hydrogen-bond acceptors (Lipinski definition) is 7. The van der Waals surface area contributed by atoms with E-state index in [4.69, 9.17) is 4.98 Å². The molecule has 2 fully saturated rings. The Balaban J connectivity index is 1.29. The molecule has 3 aromatic heterocycles. The number of amides is 1. The molecule has 2 aliphatic rings. The fourth-order valence-electron chi connectivity index (χ4n) is 4.78. The number of imidazole rings is 1. The first-order chi connectivity index (χ1) is 17.2. The minimum Gasteiger partial charge on any atom is -0.355 e. The second-order valence-corrected chi connectivity index (χ2v) is 10.5. The Bertz CT molecular complexity index is 1070. The van der Waals surface area contributed by atoms with E-state index in [0.717, 1.165) is 79.8 Å². The van der Waals surface area contributed by atoms with Crippen molar-refractivity contribution in [2.24, 2.45) is 0 Å². The quantitative estimate of drug-likeness (QED) is 0.543. The average molecular weight is 492 g/mol. The van der Waals surface area contributed by atoms with Gasteiger partial charge >= 0.3 is 0 Å². The molecule has 0 aromatic carbocycles. The van der Waals surface area contributed by atoms with Crippen molar-refractivity contribution >= 4 is 23.5 Å². The molecule has 5 rings (SSSR count). The molecule has 2 aliphatic heterocycles. The summed E-state index contributed by atoms with van der Waals surface area (Å²) in [5, 5.41) is 0. The van der Waals surface area contributed by atoms with E-state index in [0.29, 0.717) is 12.2 Å². The van der Waals surface area contributed by atoms with E-state index in [1.165, 1.54) is 0 Å². The first kappa shape index (κ1) is 23.8. The molecule has 0 atom stereocenters. The molecule has 1 amide bonds. The van der Waals surface area contributed by atoms with Crippen LogP contribution in [0, 0.1) is 6.92 Å². The number of nitrogens with one attached hydrogen (secondary N) is 1. The van der Waals surface area contributed by atoms with Gasteiger partial charge in [0.1, 0.15) is 17.3 Å². The van der Waals surface area contributed by atoms with Crippen molar-refractivity contribution in [2.75, 3.05) is 42.6 Å². The number of piperidine rings is 1. The van der Waals surface area contributed by atoms with Crippen LogP contribution in [0.25, 0.3) is 0 Å². The normalized spacial score (nSPS) is 17.5. The van der Waals surface area contributed by atoms with E-state index in [-0.39, 0.29) is 11.9 Å². The van der Waals surface area contributed by atoms with Crippen molar-refractivity contribution in [1.82, 2.24) is 29.7 Å². The molecular weight excluding hydrogens is 458 g/mol. The average Bonchev–Trinajstić information content (AvgIpc) is 3.42. The highest BCUT2D eigenvalue weighted by atomic mass is 32.2. The number of carbonyl (C=O) groups is 1. The van der Waals surface area contributed by atoms with Crippen molar-refractivity contribution in [3.05, 3.63) is 71.7 Å². The van der Waals surface area contributed by atoms with Gasteiger partial charge in [-0.2, -0.15) is 11.8 Å². The van der Waals surface area contributed by atoms with Crippen LogP contribution >= 0.6 is 11.8 Å². The number of hydrogen-bond donors (Lipinski definition) is 1. The van der Waals surface area contributed by atoms with E-state index in [1.54, 1.807) is 12.4 Å². The smallest absolute Gasteiger partial charge is 0.272 e. The van der Waals surface area contributed by atoms with Gasteiger partial charge in [0.25, 0.3) is 5.91 Å². The molecule has 35 heavy (non-hydrogen) atoms. The summed E-state index contributed by atoms with van der Waals surface area (Å²) in [7, 11) is 0.